The van der Waals surface area contributed by atoms with Gasteiger partial charge in [-0.05, 0) is 30.5 Å². The fraction of sp³-hybridized carbons (Fsp3) is 0.467. The summed E-state index contributed by atoms with van der Waals surface area (Å²) in [5, 5.41) is 15.8. The second kappa shape index (κ2) is 5.25. The van der Waals surface area contributed by atoms with Gasteiger partial charge in [-0.25, -0.2) is 9.78 Å². The van der Waals surface area contributed by atoms with Crippen molar-refractivity contribution in [1.82, 2.24) is 10.3 Å². The average molecular weight is 273 g/mol. The maximum absolute atomic E-state index is 10.6. The highest BCUT2D eigenvalue weighted by molar-refractivity contribution is 5.85. The third-order valence-corrected chi connectivity index (χ3v) is 4.21. The smallest absolute Gasteiger partial charge is 0.328 e. The van der Waals surface area contributed by atoms with Gasteiger partial charge in [-0.2, -0.15) is 0 Å². The molecule has 0 radical (unpaired) electrons. The van der Waals surface area contributed by atoms with E-state index in [-0.39, 0.29) is 5.54 Å². The topological polar surface area (TPSA) is 74.2 Å². The Bertz CT molecular complexity index is 548. The summed E-state index contributed by atoms with van der Waals surface area (Å²) in [5.74, 6) is -0.0325. The summed E-state index contributed by atoms with van der Waals surface area (Å²) < 4.78 is 0. The lowest BCUT2D eigenvalue weighted by Crippen LogP contribution is -2.46. The van der Waals surface area contributed by atoms with Crippen LogP contribution in [0.5, 0.6) is 0 Å². The first-order chi connectivity index (χ1) is 9.67. The van der Waals surface area contributed by atoms with E-state index in [1.807, 2.05) is 6.07 Å². The van der Waals surface area contributed by atoms with Crippen molar-refractivity contribution in [3.63, 3.8) is 0 Å². The lowest BCUT2D eigenvalue weighted by molar-refractivity contribution is -0.131. The molecule has 3 N–H and O–H groups in total. The van der Waals surface area contributed by atoms with Gasteiger partial charge in [-0.15, -0.1) is 0 Å². The molecule has 1 fully saturated rings. The summed E-state index contributed by atoms with van der Waals surface area (Å²) in [4.78, 5) is 15.0. The van der Waals surface area contributed by atoms with E-state index >= 15 is 0 Å². The molecule has 5 heteroatoms. The molecular formula is C15H19N3O2. The summed E-state index contributed by atoms with van der Waals surface area (Å²) in [6.07, 6.45) is 9.40. The Hall–Kier alpha value is -1.88. The van der Waals surface area contributed by atoms with Crippen molar-refractivity contribution in [2.24, 2.45) is 0 Å². The molecule has 0 atom stereocenters. The number of carboxylic acid groups (broad SMARTS) is 1. The number of anilines is 1. The van der Waals surface area contributed by atoms with Crippen molar-refractivity contribution < 1.29 is 9.90 Å². The van der Waals surface area contributed by atoms with Crippen LogP contribution in [0, 0.1) is 0 Å². The van der Waals surface area contributed by atoms with Crippen LogP contribution in [0.15, 0.2) is 18.3 Å². The van der Waals surface area contributed by atoms with Crippen LogP contribution in [-0.4, -0.2) is 28.1 Å². The Morgan fingerprint density at radius 3 is 2.95 bits per heavy atom. The number of aliphatic carboxylic acids is 1. The molecule has 1 aliphatic carbocycles. The Balaban J connectivity index is 1.80. The van der Waals surface area contributed by atoms with Gasteiger partial charge in [0, 0.05) is 36.5 Å². The van der Waals surface area contributed by atoms with E-state index in [9.17, 15) is 4.79 Å². The van der Waals surface area contributed by atoms with Gasteiger partial charge in [0.05, 0.1) is 0 Å². The number of hydrogen-bond donors (Lipinski definition) is 3. The van der Waals surface area contributed by atoms with Crippen LogP contribution in [0.2, 0.25) is 0 Å². The molecular weight excluding hydrogens is 254 g/mol. The van der Waals surface area contributed by atoms with Crippen molar-refractivity contribution in [3.05, 3.63) is 29.5 Å². The highest BCUT2D eigenvalue weighted by Crippen LogP contribution is 2.32. The van der Waals surface area contributed by atoms with Crippen molar-refractivity contribution in [3.8, 4) is 0 Å². The highest BCUT2D eigenvalue weighted by atomic mass is 16.4. The quantitative estimate of drug-likeness (QED) is 0.719. The molecule has 0 amide bonds. The third kappa shape index (κ3) is 2.67. The zero-order valence-electron chi connectivity index (χ0n) is 11.4. The zero-order valence-corrected chi connectivity index (χ0v) is 11.4. The molecule has 1 aliphatic heterocycles. The number of rotatable bonds is 2. The molecule has 1 saturated carbocycles. The summed E-state index contributed by atoms with van der Waals surface area (Å²) >= 11 is 0. The highest BCUT2D eigenvalue weighted by Gasteiger charge is 2.35. The Kier molecular flexibility index (Phi) is 3.44. The van der Waals surface area contributed by atoms with Crippen LogP contribution < -0.4 is 10.6 Å². The van der Waals surface area contributed by atoms with Crippen LogP contribution in [0.1, 0.15) is 36.8 Å². The molecule has 1 spiro atoms. The molecule has 0 bridgehead atoms. The monoisotopic (exact) mass is 273 g/mol. The van der Waals surface area contributed by atoms with Gasteiger partial charge in [0.15, 0.2) is 0 Å². The van der Waals surface area contributed by atoms with Gasteiger partial charge in [0.25, 0.3) is 0 Å². The second-order valence-electron chi connectivity index (χ2n) is 5.64. The predicted molar refractivity (Wildman–Crippen MR) is 77.4 cm³/mol. The predicted octanol–water partition coefficient (Wildman–Crippen LogP) is 2.01. The van der Waals surface area contributed by atoms with Crippen molar-refractivity contribution in [1.29, 1.82) is 0 Å². The molecule has 3 rings (SSSR count). The number of nitrogens with zero attached hydrogens (tertiary/aromatic N) is 1. The number of fused-ring (bicyclic) bond motifs is 1. The summed E-state index contributed by atoms with van der Waals surface area (Å²) in [6.45, 7) is 1.70. The lowest BCUT2D eigenvalue weighted by Gasteiger charge is -2.28. The Labute approximate surface area is 118 Å². The number of aromatic nitrogens is 1. The maximum Gasteiger partial charge on any atom is 0.328 e. The minimum absolute atomic E-state index is 0.206. The SMILES string of the molecule is O=C(O)C=Cc1cnc2c(c1)CNC1(CCCC1)CN2. The fourth-order valence-electron chi connectivity index (χ4n) is 3.08. The van der Waals surface area contributed by atoms with Gasteiger partial charge >= 0.3 is 5.97 Å². The molecule has 1 aromatic rings. The standard InChI is InChI=1S/C15H19N3O2/c19-13(20)4-3-11-7-12-9-18-15(5-1-2-6-15)10-17-14(12)16-8-11/h3-4,7-8,18H,1-2,5-6,9-10H2,(H,16,17)(H,19,20). The number of hydrogen-bond acceptors (Lipinski definition) is 4. The summed E-state index contributed by atoms with van der Waals surface area (Å²) in [7, 11) is 0. The molecule has 5 nitrogen and oxygen atoms in total. The van der Waals surface area contributed by atoms with E-state index in [0.29, 0.717) is 0 Å². The first-order valence-corrected chi connectivity index (χ1v) is 7.06. The molecule has 1 aromatic heterocycles. The molecule has 0 saturated heterocycles. The summed E-state index contributed by atoms with van der Waals surface area (Å²) in [6, 6.07) is 2.00. The maximum atomic E-state index is 10.6. The van der Waals surface area contributed by atoms with Gasteiger partial charge < -0.3 is 15.7 Å². The first kappa shape index (κ1) is 13.1. The molecule has 0 unspecified atom stereocenters. The van der Waals surface area contributed by atoms with Gasteiger partial charge in [0.2, 0.25) is 0 Å². The number of carboxylic acids is 1. The zero-order chi connectivity index (χ0) is 14.0. The van der Waals surface area contributed by atoms with Crippen molar-refractivity contribution in [2.45, 2.75) is 37.8 Å². The van der Waals surface area contributed by atoms with E-state index in [2.05, 4.69) is 15.6 Å². The normalized spacial score (nSPS) is 20.6. The second-order valence-corrected chi connectivity index (χ2v) is 5.64. The van der Waals surface area contributed by atoms with Gasteiger partial charge in [0.1, 0.15) is 5.82 Å². The van der Waals surface area contributed by atoms with Crippen LogP contribution in [-0.2, 0) is 11.3 Å². The van der Waals surface area contributed by atoms with E-state index in [1.54, 1.807) is 12.3 Å². The van der Waals surface area contributed by atoms with Crippen LogP contribution >= 0.6 is 0 Å². The minimum atomic E-state index is -0.943. The minimum Gasteiger partial charge on any atom is -0.478 e. The first-order valence-electron chi connectivity index (χ1n) is 7.06. The Morgan fingerprint density at radius 1 is 1.40 bits per heavy atom. The third-order valence-electron chi connectivity index (χ3n) is 4.21. The molecule has 2 heterocycles. The average Bonchev–Trinajstić information content (AvgIpc) is 2.82. The van der Waals surface area contributed by atoms with E-state index < -0.39 is 5.97 Å². The number of carbonyl (C=O) groups is 1. The van der Waals surface area contributed by atoms with E-state index in [4.69, 9.17) is 5.11 Å². The summed E-state index contributed by atoms with van der Waals surface area (Å²) in [5.41, 5.74) is 2.12. The van der Waals surface area contributed by atoms with Crippen LogP contribution in [0.3, 0.4) is 0 Å². The van der Waals surface area contributed by atoms with Crippen LogP contribution in [0.4, 0.5) is 5.82 Å². The lowest BCUT2D eigenvalue weighted by atomic mass is 9.98. The number of nitrogens with one attached hydrogen (secondary N) is 2. The Morgan fingerprint density at radius 2 is 2.20 bits per heavy atom. The van der Waals surface area contributed by atoms with Crippen molar-refractivity contribution >= 4 is 17.9 Å². The van der Waals surface area contributed by atoms with Crippen molar-refractivity contribution in [2.75, 3.05) is 11.9 Å². The fourth-order valence-corrected chi connectivity index (χ4v) is 3.08. The van der Waals surface area contributed by atoms with E-state index in [0.717, 1.165) is 36.1 Å². The molecule has 0 aromatic carbocycles. The van der Waals surface area contributed by atoms with Crippen LogP contribution in [0.25, 0.3) is 6.08 Å². The van der Waals surface area contributed by atoms with Gasteiger partial charge in [-0.1, -0.05) is 12.8 Å². The largest absolute Gasteiger partial charge is 0.478 e. The number of pyridine rings is 1. The van der Waals surface area contributed by atoms with E-state index in [1.165, 1.54) is 25.7 Å². The van der Waals surface area contributed by atoms with Gasteiger partial charge in [-0.3, -0.25) is 0 Å². The molecule has 20 heavy (non-hydrogen) atoms. The molecule has 2 aliphatic rings. The molecule has 106 valence electrons.